The minimum Gasteiger partial charge on any atom is -0.462 e. The number of aromatic nitrogens is 1. The van der Waals surface area contributed by atoms with Crippen LogP contribution >= 0.6 is 0 Å². The number of benzene rings is 2. The number of hydrogen-bond donors (Lipinski definition) is 1. The molecule has 3 aromatic rings. The summed E-state index contributed by atoms with van der Waals surface area (Å²) in [7, 11) is 0. The third-order valence-corrected chi connectivity index (χ3v) is 6.49. The third kappa shape index (κ3) is 3.17. The van der Waals surface area contributed by atoms with E-state index in [9.17, 15) is 4.39 Å². The lowest BCUT2D eigenvalue weighted by Crippen LogP contribution is -2.37. The second-order valence-corrected chi connectivity index (χ2v) is 9.11. The first-order valence-electron chi connectivity index (χ1n) is 10.9. The molecule has 0 saturated carbocycles. The zero-order chi connectivity index (χ0) is 23.5. The zero-order valence-electron chi connectivity index (χ0n) is 18.3. The van der Waals surface area contributed by atoms with E-state index >= 15 is 4.39 Å². The van der Waals surface area contributed by atoms with Crippen molar-refractivity contribution < 1.29 is 23.0 Å². The molecule has 6 rings (SSSR count). The van der Waals surface area contributed by atoms with E-state index in [-0.39, 0.29) is 23.8 Å². The van der Waals surface area contributed by atoms with E-state index in [1.54, 1.807) is 30.3 Å². The van der Waals surface area contributed by atoms with Crippen molar-refractivity contribution in [1.82, 2.24) is 4.98 Å². The fourth-order valence-corrected chi connectivity index (χ4v) is 4.61. The lowest BCUT2D eigenvalue weighted by Gasteiger charge is -2.35. The van der Waals surface area contributed by atoms with Gasteiger partial charge in [-0.15, -0.1) is 0 Å². The molecule has 2 aromatic carbocycles. The van der Waals surface area contributed by atoms with E-state index in [1.807, 2.05) is 18.2 Å². The molecule has 2 N–H and O–H groups in total. The average molecular weight is 461 g/mol. The molecule has 172 valence electrons. The molecule has 1 spiro atoms. The fraction of sp³-hybridized carbons (Fsp3) is 0.231. The van der Waals surface area contributed by atoms with Crippen LogP contribution in [0, 0.1) is 17.2 Å². The average Bonchev–Trinajstić information content (AvgIpc) is 3.20. The number of hydrogen-bond acceptors (Lipinski definition) is 6. The molecule has 1 aromatic heterocycles. The Balaban J connectivity index is 1.52. The molecule has 0 unspecified atom stereocenters. The Morgan fingerprint density at radius 2 is 1.91 bits per heavy atom. The summed E-state index contributed by atoms with van der Waals surface area (Å²) in [6.45, 7) is 3.40. The summed E-state index contributed by atoms with van der Waals surface area (Å²) in [5.74, 6) is -0.624. The highest BCUT2D eigenvalue weighted by Crippen LogP contribution is 2.52. The Morgan fingerprint density at radius 3 is 2.62 bits per heavy atom. The number of halogens is 2. The zero-order valence-corrected chi connectivity index (χ0v) is 18.3. The minimum atomic E-state index is -1.13. The molecule has 0 radical (unpaired) electrons. The summed E-state index contributed by atoms with van der Waals surface area (Å²) in [6, 6.07) is 11.7. The smallest absolute Gasteiger partial charge is 0.283 e. The maximum atomic E-state index is 15.3. The predicted octanol–water partition coefficient (Wildman–Crippen LogP) is 4.77. The van der Waals surface area contributed by atoms with Gasteiger partial charge in [-0.2, -0.15) is 4.39 Å². The van der Waals surface area contributed by atoms with Gasteiger partial charge in [-0.25, -0.2) is 14.4 Å². The van der Waals surface area contributed by atoms with E-state index in [4.69, 9.17) is 19.9 Å². The van der Waals surface area contributed by atoms with Crippen molar-refractivity contribution in [3.63, 3.8) is 0 Å². The first-order valence-corrected chi connectivity index (χ1v) is 10.9. The van der Waals surface area contributed by atoms with Crippen LogP contribution in [-0.2, 0) is 15.0 Å². The molecule has 1 saturated heterocycles. The van der Waals surface area contributed by atoms with Gasteiger partial charge in [-0.05, 0) is 47.5 Å². The van der Waals surface area contributed by atoms with E-state index in [1.165, 1.54) is 12.3 Å². The highest BCUT2D eigenvalue weighted by Gasteiger charge is 2.48. The van der Waals surface area contributed by atoms with Gasteiger partial charge in [0.05, 0.1) is 13.2 Å². The number of amidine groups is 1. The van der Waals surface area contributed by atoms with Crippen LogP contribution in [0.5, 0.6) is 11.5 Å². The second kappa shape index (κ2) is 7.36. The normalized spacial score (nSPS) is 21.9. The quantitative estimate of drug-likeness (QED) is 0.569. The first-order chi connectivity index (χ1) is 16.4. The first kappa shape index (κ1) is 20.8. The van der Waals surface area contributed by atoms with E-state index in [2.05, 4.69) is 16.9 Å². The lowest BCUT2D eigenvalue weighted by atomic mass is 9.79. The van der Waals surface area contributed by atoms with Crippen molar-refractivity contribution in [3.8, 4) is 22.6 Å². The summed E-state index contributed by atoms with van der Waals surface area (Å²) in [5.41, 5.74) is 7.43. The molecule has 1 atom stereocenters. The van der Waals surface area contributed by atoms with Crippen LogP contribution in [0.2, 0.25) is 0 Å². The number of pyridine rings is 1. The van der Waals surface area contributed by atoms with E-state index in [0.29, 0.717) is 46.8 Å². The summed E-state index contributed by atoms with van der Waals surface area (Å²) in [6.07, 6.45) is 5.29. The maximum Gasteiger partial charge on any atom is 0.283 e. The summed E-state index contributed by atoms with van der Waals surface area (Å²) in [5, 5.41) is 0. The summed E-state index contributed by atoms with van der Waals surface area (Å²) < 4.78 is 46.6. The number of nitrogens with zero attached hydrogens (tertiary/aromatic N) is 2. The Morgan fingerprint density at radius 1 is 1.06 bits per heavy atom. The van der Waals surface area contributed by atoms with Gasteiger partial charge in [0.1, 0.15) is 12.4 Å². The number of aliphatic imine (C=N–C) groups is 1. The molecule has 3 aliphatic heterocycles. The van der Waals surface area contributed by atoms with Gasteiger partial charge in [0.25, 0.3) is 6.02 Å². The number of fused-ring (bicyclic) bond motifs is 4. The van der Waals surface area contributed by atoms with Crippen LogP contribution in [0.1, 0.15) is 23.6 Å². The van der Waals surface area contributed by atoms with Crippen LogP contribution in [0.3, 0.4) is 0 Å². The van der Waals surface area contributed by atoms with Crippen molar-refractivity contribution in [2.75, 3.05) is 19.8 Å². The summed E-state index contributed by atoms with van der Waals surface area (Å²) in [4.78, 5) is 8.35. The van der Waals surface area contributed by atoms with E-state index < -0.39 is 17.3 Å². The largest absolute Gasteiger partial charge is 0.462 e. The Hall–Kier alpha value is -3.78. The molecular weight excluding hydrogens is 440 g/mol. The standard InChI is InChI=1S/C26H21F2N3O3/c1-25(12-32-13-25)7-6-15-9-19-22(20(27)10-15)34-21-5-4-16(17-3-2-8-30-23(17)28)11-18(21)26(19)14-33-24(29)31-26/h2-11H,12-14H2,1H3,(H2,29,31)/t26-/m0/s1. The monoisotopic (exact) mass is 461 g/mol. The molecular formula is C26H21F2N3O3. The van der Waals surface area contributed by atoms with Gasteiger partial charge in [0.15, 0.2) is 17.1 Å². The topological polar surface area (TPSA) is 79.0 Å². The van der Waals surface area contributed by atoms with Crippen LogP contribution in [0.4, 0.5) is 8.78 Å². The Labute approximate surface area is 194 Å². The van der Waals surface area contributed by atoms with Crippen LogP contribution < -0.4 is 10.5 Å². The Kier molecular flexibility index (Phi) is 4.50. The molecule has 3 aliphatic rings. The van der Waals surface area contributed by atoms with Gasteiger partial charge in [0, 0.05) is 28.3 Å². The third-order valence-electron chi connectivity index (χ3n) is 6.49. The van der Waals surface area contributed by atoms with Gasteiger partial charge >= 0.3 is 0 Å². The number of ether oxygens (including phenoxy) is 3. The molecule has 0 bridgehead atoms. The molecule has 34 heavy (non-hydrogen) atoms. The Bertz CT molecular complexity index is 1380. The predicted molar refractivity (Wildman–Crippen MR) is 122 cm³/mol. The van der Waals surface area contributed by atoms with Crippen LogP contribution in [0.15, 0.2) is 59.7 Å². The molecule has 8 heteroatoms. The van der Waals surface area contributed by atoms with Gasteiger partial charge in [-0.1, -0.05) is 25.1 Å². The minimum absolute atomic E-state index is 0.00255. The van der Waals surface area contributed by atoms with Crippen molar-refractivity contribution in [3.05, 3.63) is 83.2 Å². The fourth-order valence-electron chi connectivity index (χ4n) is 4.61. The van der Waals surface area contributed by atoms with Gasteiger partial charge in [-0.3, -0.25) is 0 Å². The maximum absolute atomic E-state index is 15.3. The molecule has 1 fully saturated rings. The van der Waals surface area contributed by atoms with Gasteiger partial charge < -0.3 is 19.9 Å². The summed E-state index contributed by atoms with van der Waals surface area (Å²) >= 11 is 0. The van der Waals surface area contributed by atoms with Crippen molar-refractivity contribution >= 4 is 12.1 Å². The molecule has 4 heterocycles. The highest BCUT2D eigenvalue weighted by molar-refractivity contribution is 5.78. The van der Waals surface area contributed by atoms with E-state index in [0.717, 1.165) is 0 Å². The molecule has 0 aliphatic carbocycles. The van der Waals surface area contributed by atoms with Crippen LogP contribution in [-0.4, -0.2) is 30.8 Å². The van der Waals surface area contributed by atoms with Gasteiger partial charge in [0.2, 0.25) is 5.95 Å². The molecule has 0 amide bonds. The van der Waals surface area contributed by atoms with Crippen LogP contribution in [0.25, 0.3) is 17.2 Å². The van der Waals surface area contributed by atoms with Crippen molar-refractivity contribution in [2.24, 2.45) is 16.1 Å². The second-order valence-electron chi connectivity index (χ2n) is 9.11. The highest BCUT2D eigenvalue weighted by atomic mass is 19.1. The lowest BCUT2D eigenvalue weighted by molar-refractivity contribution is -0.0703. The number of nitrogens with two attached hydrogens (primary N) is 1. The van der Waals surface area contributed by atoms with Crippen molar-refractivity contribution in [2.45, 2.75) is 12.5 Å². The number of rotatable bonds is 3. The SMILES string of the molecule is CC1(C=Cc2cc(F)c3c(c2)[C@]2(COC(N)=N2)c2cc(-c4cccnc4F)ccc2O3)COC1. The molecule has 6 nitrogen and oxygen atoms in total. The van der Waals surface area contributed by atoms with Crippen molar-refractivity contribution in [1.29, 1.82) is 0 Å².